The van der Waals surface area contributed by atoms with Crippen LogP contribution in [0.4, 0.5) is 5.82 Å². The quantitative estimate of drug-likeness (QED) is 0.754. The Labute approximate surface area is 79.6 Å². The molecule has 13 heavy (non-hydrogen) atoms. The van der Waals surface area contributed by atoms with Gasteiger partial charge in [0.2, 0.25) is 0 Å². The Kier molecular flexibility index (Phi) is 4.23. The predicted octanol–water partition coefficient (Wildman–Crippen LogP) is 2.47. The van der Waals surface area contributed by atoms with Crippen molar-refractivity contribution in [1.82, 2.24) is 10.2 Å². The van der Waals surface area contributed by atoms with Crippen LogP contribution in [0.3, 0.4) is 0 Å². The fourth-order valence-electron chi connectivity index (χ4n) is 1.31. The number of nitrogens with one attached hydrogen (secondary N) is 1. The normalized spacial score (nSPS) is 12.5. The third kappa shape index (κ3) is 3.40. The summed E-state index contributed by atoms with van der Waals surface area (Å²) in [5.41, 5.74) is 0. The summed E-state index contributed by atoms with van der Waals surface area (Å²) in [6.45, 7) is 4.38. The van der Waals surface area contributed by atoms with Crippen molar-refractivity contribution in [2.75, 3.05) is 5.32 Å². The van der Waals surface area contributed by atoms with E-state index >= 15 is 0 Å². The van der Waals surface area contributed by atoms with Gasteiger partial charge in [-0.3, -0.25) is 0 Å². The van der Waals surface area contributed by atoms with Gasteiger partial charge < -0.3 is 5.32 Å². The number of nitrogens with zero attached hydrogens (tertiary/aromatic N) is 2. The molecule has 0 saturated carbocycles. The molecule has 0 saturated heterocycles. The predicted molar refractivity (Wildman–Crippen MR) is 54.6 cm³/mol. The van der Waals surface area contributed by atoms with Crippen LogP contribution in [0.1, 0.15) is 33.1 Å². The van der Waals surface area contributed by atoms with E-state index in [0.29, 0.717) is 6.04 Å². The van der Waals surface area contributed by atoms with Gasteiger partial charge in [-0.2, -0.15) is 5.10 Å². The summed E-state index contributed by atoms with van der Waals surface area (Å²) in [6.07, 6.45) is 5.20. The van der Waals surface area contributed by atoms with Crippen LogP contribution >= 0.6 is 0 Å². The first kappa shape index (κ1) is 9.96. The van der Waals surface area contributed by atoms with Crippen LogP contribution in [-0.2, 0) is 0 Å². The molecule has 0 spiro atoms. The molecule has 0 aliphatic heterocycles. The zero-order valence-corrected chi connectivity index (χ0v) is 8.33. The minimum Gasteiger partial charge on any atom is -0.366 e. The lowest BCUT2D eigenvalue weighted by molar-refractivity contribution is 0.619. The zero-order valence-electron chi connectivity index (χ0n) is 8.33. The number of rotatable bonds is 5. The van der Waals surface area contributed by atoms with Gasteiger partial charge in [-0.1, -0.05) is 20.3 Å². The van der Waals surface area contributed by atoms with E-state index in [2.05, 4.69) is 29.4 Å². The summed E-state index contributed by atoms with van der Waals surface area (Å²) in [5, 5.41) is 11.2. The van der Waals surface area contributed by atoms with Gasteiger partial charge in [-0.15, -0.1) is 5.10 Å². The molecule has 0 aliphatic carbocycles. The van der Waals surface area contributed by atoms with Gasteiger partial charge >= 0.3 is 0 Å². The van der Waals surface area contributed by atoms with E-state index in [9.17, 15) is 0 Å². The Morgan fingerprint density at radius 3 is 2.85 bits per heavy atom. The number of hydrogen-bond donors (Lipinski definition) is 1. The first-order valence-electron chi connectivity index (χ1n) is 4.91. The monoisotopic (exact) mass is 179 g/mol. The molecule has 1 unspecified atom stereocenters. The van der Waals surface area contributed by atoms with Gasteiger partial charge in [0, 0.05) is 12.2 Å². The lowest BCUT2D eigenvalue weighted by Gasteiger charge is -2.15. The fraction of sp³-hybridized carbons (Fsp3) is 0.600. The largest absolute Gasteiger partial charge is 0.366 e. The highest BCUT2D eigenvalue weighted by atomic mass is 15.2. The topological polar surface area (TPSA) is 37.8 Å². The van der Waals surface area contributed by atoms with Crippen molar-refractivity contribution in [1.29, 1.82) is 0 Å². The highest BCUT2D eigenvalue weighted by Crippen LogP contribution is 2.08. The molecule has 0 aromatic carbocycles. The van der Waals surface area contributed by atoms with Gasteiger partial charge in [-0.25, -0.2) is 0 Å². The molecule has 1 aromatic rings. The van der Waals surface area contributed by atoms with Crippen molar-refractivity contribution in [2.45, 2.75) is 39.2 Å². The van der Waals surface area contributed by atoms with Crippen LogP contribution in [0.25, 0.3) is 0 Å². The van der Waals surface area contributed by atoms with Crippen molar-refractivity contribution in [3.8, 4) is 0 Å². The molecule has 3 heteroatoms. The van der Waals surface area contributed by atoms with Gasteiger partial charge in [0.25, 0.3) is 0 Å². The summed E-state index contributed by atoms with van der Waals surface area (Å²) in [4.78, 5) is 0. The average molecular weight is 179 g/mol. The van der Waals surface area contributed by atoms with Gasteiger partial charge in [0.1, 0.15) is 5.82 Å². The van der Waals surface area contributed by atoms with E-state index in [-0.39, 0.29) is 0 Å². The van der Waals surface area contributed by atoms with E-state index in [1.807, 2.05) is 12.1 Å². The van der Waals surface area contributed by atoms with Crippen LogP contribution < -0.4 is 5.32 Å². The molecule has 0 fully saturated rings. The number of aromatic nitrogens is 2. The first-order chi connectivity index (χ1) is 6.36. The maximum Gasteiger partial charge on any atom is 0.148 e. The number of anilines is 1. The Hall–Kier alpha value is -1.12. The van der Waals surface area contributed by atoms with E-state index in [0.717, 1.165) is 12.2 Å². The van der Waals surface area contributed by atoms with Gasteiger partial charge in [-0.05, 0) is 25.0 Å². The third-order valence-electron chi connectivity index (χ3n) is 2.05. The summed E-state index contributed by atoms with van der Waals surface area (Å²) in [6, 6.07) is 4.38. The molecule has 0 amide bonds. The first-order valence-corrected chi connectivity index (χ1v) is 4.91. The van der Waals surface area contributed by atoms with E-state index in [4.69, 9.17) is 0 Å². The summed E-state index contributed by atoms with van der Waals surface area (Å²) in [7, 11) is 0. The molecule has 1 aromatic heterocycles. The lowest BCUT2D eigenvalue weighted by atomic mass is 10.1. The zero-order chi connectivity index (χ0) is 9.52. The molecule has 0 aliphatic rings. The molecule has 3 nitrogen and oxygen atoms in total. The van der Waals surface area contributed by atoms with Crippen molar-refractivity contribution in [2.24, 2.45) is 0 Å². The number of hydrogen-bond acceptors (Lipinski definition) is 3. The Morgan fingerprint density at radius 1 is 1.46 bits per heavy atom. The van der Waals surface area contributed by atoms with Crippen molar-refractivity contribution >= 4 is 5.82 Å². The minimum atomic E-state index is 0.529. The van der Waals surface area contributed by atoms with Crippen LogP contribution in [0, 0.1) is 0 Å². The molecule has 0 radical (unpaired) electrons. The Morgan fingerprint density at radius 2 is 2.31 bits per heavy atom. The molecule has 72 valence electrons. The second-order valence-electron chi connectivity index (χ2n) is 3.15. The summed E-state index contributed by atoms with van der Waals surface area (Å²) in [5.74, 6) is 0.878. The van der Waals surface area contributed by atoms with Crippen molar-refractivity contribution in [3.05, 3.63) is 18.3 Å². The fourth-order valence-corrected chi connectivity index (χ4v) is 1.31. The standard InChI is InChI=1S/C10H17N3/c1-3-6-9(4-2)12-10-7-5-8-11-13-10/h5,7-9H,3-4,6H2,1-2H3,(H,12,13). The second kappa shape index (κ2) is 5.51. The molecular formula is C10H17N3. The van der Waals surface area contributed by atoms with E-state index in [1.54, 1.807) is 6.20 Å². The van der Waals surface area contributed by atoms with Crippen LogP contribution in [0.5, 0.6) is 0 Å². The minimum absolute atomic E-state index is 0.529. The second-order valence-corrected chi connectivity index (χ2v) is 3.15. The Bertz CT molecular complexity index is 223. The van der Waals surface area contributed by atoms with Crippen molar-refractivity contribution < 1.29 is 0 Å². The molecule has 1 rings (SSSR count). The molecule has 1 N–H and O–H groups in total. The third-order valence-corrected chi connectivity index (χ3v) is 2.05. The van der Waals surface area contributed by atoms with Gasteiger partial charge in [0.15, 0.2) is 0 Å². The average Bonchev–Trinajstić information content (AvgIpc) is 2.19. The highest BCUT2D eigenvalue weighted by Gasteiger charge is 2.04. The Balaban J connectivity index is 2.46. The van der Waals surface area contributed by atoms with E-state index < -0.39 is 0 Å². The van der Waals surface area contributed by atoms with Gasteiger partial charge in [0.05, 0.1) is 0 Å². The molecule has 0 bridgehead atoms. The van der Waals surface area contributed by atoms with Crippen LogP contribution in [-0.4, -0.2) is 16.2 Å². The molecule has 1 heterocycles. The van der Waals surface area contributed by atoms with Crippen LogP contribution in [0.15, 0.2) is 18.3 Å². The van der Waals surface area contributed by atoms with Crippen LogP contribution in [0.2, 0.25) is 0 Å². The maximum atomic E-state index is 3.99. The van der Waals surface area contributed by atoms with Crippen molar-refractivity contribution in [3.63, 3.8) is 0 Å². The lowest BCUT2D eigenvalue weighted by Crippen LogP contribution is -2.18. The smallest absolute Gasteiger partial charge is 0.148 e. The maximum absolute atomic E-state index is 3.99. The summed E-state index contributed by atoms with van der Waals surface area (Å²) < 4.78 is 0. The molecular weight excluding hydrogens is 162 g/mol. The SMILES string of the molecule is CCCC(CC)Nc1cccnn1. The highest BCUT2D eigenvalue weighted by molar-refractivity contribution is 5.32. The van der Waals surface area contributed by atoms with E-state index in [1.165, 1.54) is 12.8 Å². The molecule has 1 atom stereocenters. The summed E-state index contributed by atoms with van der Waals surface area (Å²) >= 11 is 0.